The van der Waals surface area contributed by atoms with E-state index in [1.165, 1.54) is 0 Å². The van der Waals surface area contributed by atoms with Crippen molar-refractivity contribution in [2.45, 2.75) is 51.0 Å². The molecule has 34 heavy (non-hydrogen) atoms. The van der Waals surface area contributed by atoms with Crippen LogP contribution in [-0.4, -0.2) is 65.2 Å². The number of halogens is 2. The number of carbonyl (C=O) groups is 3. The molecule has 1 aromatic rings. The Balaban J connectivity index is 1.22. The summed E-state index contributed by atoms with van der Waals surface area (Å²) < 4.78 is 32.3. The fourth-order valence-electron chi connectivity index (χ4n) is 5.26. The summed E-state index contributed by atoms with van der Waals surface area (Å²) in [5.41, 5.74) is 1.90. The smallest absolute Gasteiger partial charge is 0.272 e. The Morgan fingerprint density at radius 3 is 2.47 bits per heavy atom. The van der Waals surface area contributed by atoms with Crippen LogP contribution < -0.4 is 5.32 Å². The van der Waals surface area contributed by atoms with Crippen molar-refractivity contribution in [2.75, 3.05) is 19.6 Å². The van der Waals surface area contributed by atoms with Gasteiger partial charge in [-0.3, -0.25) is 24.6 Å². The zero-order chi connectivity index (χ0) is 24.1. The SMILES string of the molecule is CC12CN(C3CCC(=O)NC3=O)C(=O)C1=CC=CC2OCc1ccc(CN2CC(F)(F)C2)cc1. The normalized spacial score (nSPS) is 30.6. The molecule has 3 saturated heterocycles. The number of nitrogens with zero attached hydrogens (tertiary/aromatic N) is 2. The van der Waals surface area contributed by atoms with E-state index in [-0.39, 0.29) is 37.4 Å². The maximum absolute atomic E-state index is 13.1. The van der Waals surface area contributed by atoms with Crippen LogP contribution in [0.4, 0.5) is 8.78 Å². The van der Waals surface area contributed by atoms with Gasteiger partial charge in [-0.1, -0.05) is 49.4 Å². The molecule has 7 nitrogen and oxygen atoms in total. The second-order valence-electron chi connectivity index (χ2n) is 9.83. The molecule has 1 aliphatic carbocycles. The first-order valence-corrected chi connectivity index (χ1v) is 11.5. The number of amides is 3. The molecule has 3 atom stereocenters. The van der Waals surface area contributed by atoms with Crippen LogP contribution in [0.1, 0.15) is 30.9 Å². The van der Waals surface area contributed by atoms with E-state index in [0.29, 0.717) is 31.7 Å². The van der Waals surface area contributed by atoms with E-state index >= 15 is 0 Å². The Morgan fingerprint density at radius 2 is 1.79 bits per heavy atom. The predicted octanol–water partition coefficient (Wildman–Crippen LogP) is 2.17. The average Bonchev–Trinajstić information content (AvgIpc) is 3.03. The van der Waals surface area contributed by atoms with Gasteiger partial charge in [-0.05, 0) is 17.5 Å². The number of allylic oxidation sites excluding steroid dienone is 2. The number of hydrogen-bond acceptors (Lipinski definition) is 5. The molecule has 0 radical (unpaired) electrons. The van der Waals surface area contributed by atoms with Gasteiger partial charge in [0.05, 0.1) is 25.8 Å². The van der Waals surface area contributed by atoms with E-state index < -0.39 is 23.3 Å². The van der Waals surface area contributed by atoms with E-state index in [4.69, 9.17) is 4.74 Å². The van der Waals surface area contributed by atoms with Crippen molar-refractivity contribution in [2.24, 2.45) is 5.41 Å². The summed E-state index contributed by atoms with van der Waals surface area (Å²) >= 11 is 0. The van der Waals surface area contributed by atoms with E-state index in [2.05, 4.69) is 5.32 Å². The van der Waals surface area contributed by atoms with Crippen molar-refractivity contribution in [3.8, 4) is 0 Å². The molecule has 0 spiro atoms. The number of likely N-dealkylation sites (tertiary alicyclic amines) is 2. The van der Waals surface area contributed by atoms with Crippen LogP contribution in [0.5, 0.6) is 0 Å². The number of ether oxygens (including phenoxy) is 1. The fourth-order valence-corrected chi connectivity index (χ4v) is 5.26. The molecule has 3 aliphatic heterocycles. The quantitative estimate of drug-likeness (QED) is 0.644. The van der Waals surface area contributed by atoms with Crippen LogP contribution in [0.3, 0.4) is 0 Å². The van der Waals surface area contributed by atoms with Crippen molar-refractivity contribution >= 4 is 17.7 Å². The number of benzene rings is 1. The van der Waals surface area contributed by atoms with Crippen molar-refractivity contribution < 1.29 is 27.9 Å². The van der Waals surface area contributed by atoms with Gasteiger partial charge in [-0.2, -0.15) is 0 Å². The first-order chi connectivity index (χ1) is 16.1. The molecule has 4 aliphatic rings. The van der Waals surface area contributed by atoms with Crippen molar-refractivity contribution in [1.82, 2.24) is 15.1 Å². The van der Waals surface area contributed by atoms with Gasteiger partial charge in [0.15, 0.2) is 0 Å². The molecule has 3 fully saturated rings. The molecular formula is C25H27F2N3O4. The summed E-state index contributed by atoms with van der Waals surface area (Å²) in [5, 5.41) is 2.33. The molecule has 3 heterocycles. The van der Waals surface area contributed by atoms with Crippen molar-refractivity contribution in [1.29, 1.82) is 0 Å². The average molecular weight is 472 g/mol. The highest BCUT2D eigenvalue weighted by molar-refractivity contribution is 6.05. The lowest BCUT2D eigenvalue weighted by atomic mass is 9.76. The number of piperidine rings is 1. The van der Waals surface area contributed by atoms with Crippen LogP contribution in [0, 0.1) is 5.41 Å². The summed E-state index contributed by atoms with van der Waals surface area (Å²) in [6, 6.07) is 7.03. The van der Waals surface area contributed by atoms with Crippen LogP contribution in [0.15, 0.2) is 48.1 Å². The number of alkyl halides is 2. The minimum Gasteiger partial charge on any atom is -0.368 e. The topological polar surface area (TPSA) is 79.0 Å². The number of hydrogen-bond donors (Lipinski definition) is 1. The van der Waals surface area contributed by atoms with Gasteiger partial charge in [0.25, 0.3) is 11.8 Å². The molecule has 9 heteroatoms. The highest BCUT2D eigenvalue weighted by Crippen LogP contribution is 2.44. The lowest BCUT2D eigenvalue weighted by Crippen LogP contribution is -2.55. The van der Waals surface area contributed by atoms with Crippen LogP contribution in [0.2, 0.25) is 0 Å². The minimum absolute atomic E-state index is 0.198. The maximum Gasteiger partial charge on any atom is 0.272 e. The van der Waals surface area contributed by atoms with Gasteiger partial charge < -0.3 is 9.64 Å². The molecular weight excluding hydrogens is 444 g/mol. The second kappa shape index (κ2) is 8.39. The highest BCUT2D eigenvalue weighted by atomic mass is 19.3. The van der Waals surface area contributed by atoms with Gasteiger partial charge in [-0.15, -0.1) is 0 Å². The van der Waals surface area contributed by atoms with E-state index in [0.717, 1.165) is 11.1 Å². The molecule has 3 unspecified atom stereocenters. The third kappa shape index (κ3) is 4.18. The van der Waals surface area contributed by atoms with E-state index in [1.807, 2.05) is 37.3 Å². The summed E-state index contributed by atoms with van der Waals surface area (Å²) in [7, 11) is 0. The molecule has 3 amide bonds. The Kier molecular flexibility index (Phi) is 5.64. The van der Waals surface area contributed by atoms with Crippen LogP contribution in [-0.2, 0) is 32.3 Å². The maximum atomic E-state index is 13.1. The Labute approximate surface area is 196 Å². The van der Waals surface area contributed by atoms with E-state index in [9.17, 15) is 23.2 Å². The predicted molar refractivity (Wildman–Crippen MR) is 118 cm³/mol. The van der Waals surface area contributed by atoms with Crippen LogP contribution >= 0.6 is 0 Å². The lowest BCUT2D eigenvalue weighted by Gasteiger charge is -2.38. The lowest BCUT2D eigenvalue weighted by molar-refractivity contribution is -0.142. The first kappa shape index (κ1) is 22.9. The molecule has 1 N–H and O–H groups in total. The number of imide groups is 1. The largest absolute Gasteiger partial charge is 0.368 e. The minimum atomic E-state index is -2.57. The Hall–Kier alpha value is -2.91. The molecule has 0 saturated carbocycles. The van der Waals surface area contributed by atoms with Gasteiger partial charge in [-0.25, -0.2) is 8.78 Å². The molecule has 0 aromatic heterocycles. The summed E-state index contributed by atoms with van der Waals surface area (Å²) in [6.45, 7) is 2.71. The van der Waals surface area contributed by atoms with Crippen molar-refractivity contribution in [3.05, 3.63) is 59.2 Å². The number of rotatable bonds is 6. The zero-order valence-electron chi connectivity index (χ0n) is 18.9. The molecule has 180 valence electrons. The van der Waals surface area contributed by atoms with Gasteiger partial charge in [0.2, 0.25) is 11.8 Å². The molecule has 1 aromatic carbocycles. The standard InChI is InChI=1S/C25H27F2N3O4/c1-24-13-30(19-9-10-21(31)28-22(19)32)23(33)18(24)3-2-4-20(24)34-12-17-7-5-16(6-8-17)11-29-14-25(26,27)15-29/h2-8,19-20H,9-15H2,1H3,(H,28,31,32). The second-order valence-corrected chi connectivity index (χ2v) is 9.83. The number of nitrogens with one attached hydrogen (secondary N) is 1. The highest BCUT2D eigenvalue weighted by Gasteiger charge is 2.53. The first-order valence-electron chi connectivity index (χ1n) is 11.5. The van der Waals surface area contributed by atoms with Crippen molar-refractivity contribution in [3.63, 3.8) is 0 Å². The molecule has 0 bridgehead atoms. The summed E-state index contributed by atoms with van der Waals surface area (Å²) in [5.74, 6) is -3.51. The van der Waals surface area contributed by atoms with Crippen LogP contribution in [0.25, 0.3) is 0 Å². The fraction of sp³-hybridized carbons (Fsp3) is 0.480. The summed E-state index contributed by atoms with van der Waals surface area (Å²) in [4.78, 5) is 40.3. The monoisotopic (exact) mass is 471 g/mol. The third-order valence-corrected chi connectivity index (χ3v) is 7.14. The molecule has 5 rings (SSSR count). The number of carbonyl (C=O) groups excluding carboxylic acids is 3. The Morgan fingerprint density at radius 1 is 1.09 bits per heavy atom. The third-order valence-electron chi connectivity index (χ3n) is 7.14. The van der Waals surface area contributed by atoms with E-state index in [1.54, 1.807) is 22.0 Å². The number of fused-ring (bicyclic) bond motifs is 1. The van der Waals surface area contributed by atoms with Gasteiger partial charge >= 0.3 is 0 Å². The van der Waals surface area contributed by atoms with Gasteiger partial charge in [0.1, 0.15) is 6.04 Å². The Bertz CT molecular complexity index is 1080. The van der Waals surface area contributed by atoms with Gasteiger partial charge in [0, 0.05) is 30.5 Å². The zero-order valence-corrected chi connectivity index (χ0v) is 18.9. The summed E-state index contributed by atoms with van der Waals surface area (Å²) in [6.07, 6.45) is 5.67.